The number of nitrogen functional groups attached to an aromatic ring is 1. The molecule has 3 heterocycles. The van der Waals surface area contributed by atoms with Crippen LogP contribution in [0.15, 0.2) is 12.3 Å². The summed E-state index contributed by atoms with van der Waals surface area (Å²) < 4.78 is 0. The molecular formula is C14H20N6S. The Morgan fingerprint density at radius 1 is 1.29 bits per heavy atom. The van der Waals surface area contributed by atoms with Crippen LogP contribution >= 0.6 is 11.3 Å². The Labute approximate surface area is 128 Å². The number of rotatable bonds is 4. The maximum Gasteiger partial charge on any atom is 0.222 e. The molecule has 1 aliphatic rings. The zero-order valence-electron chi connectivity index (χ0n) is 12.2. The van der Waals surface area contributed by atoms with Crippen molar-refractivity contribution in [3.05, 3.63) is 22.8 Å². The molecule has 0 atom stereocenters. The van der Waals surface area contributed by atoms with E-state index in [4.69, 9.17) is 5.73 Å². The lowest BCUT2D eigenvalue weighted by Gasteiger charge is -2.26. The molecule has 0 bridgehead atoms. The number of hydrogen-bond acceptors (Lipinski definition) is 7. The highest BCUT2D eigenvalue weighted by molar-refractivity contribution is 7.15. The first-order valence-electron chi connectivity index (χ1n) is 7.24. The fraction of sp³-hybridized carbons (Fsp3) is 0.500. The van der Waals surface area contributed by atoms with E-state index in [0.717, 1.165) is 35.3 Å². The summed E-state index contributed by atoms with van der Waals surface area (Å²) in [6, 6.07) is 1.96. The van der Waals surface area contributed by atoms with Crippen LogP contribution in [0.5, 0.6) is 0 Å². The van der Waals surface area contributed by atoms with E-state index in [0.29, 0.717) is 11.8 Å². The van der Waals surface area contributed by atoms with Crippen molar-refractivity contribution in [3.8, 4) is 0 Å². The molecule has 7 heteroatoms. The summed E-state index contributed by atoms with van der Waals surface area (Å²) in [6.07, 6.45) is 5.71. The third-order valence-electron chi connectivity index (χ3n) is 3.49. The monoisotopic (exact) mass is 304 g/mol. The number of nitrogens with one attached hydrogen (secondary N) is 1. The first-order chi connectivity index (χ1) is 10.2. The molecule has 21 heavy (non-hydrogen) atoms. The molecule has 0 spiro atoms. The number of piperidine rings is 1. The second-order valence-electron chi connectivity index (χ2n) is 5.34. The standard InChI is InChI=1S/C14H20N6S/c1-10-8-16-14(21-10)19-12-7-11(17-13(15)18-12)9-20-5-3-2-4-6-20/h7-8H,2-6,9H2,1H3,(H3,15,16,17,18,19). The quantitative estimate of drug-likeness (QED) is 0.903. The third-order valence-corrected chi connectivity index (χ3v) is 4.32. The van der Waals surface area contributed by atoms with Crippen LogP contribution in [-0.4, -0.2) is 32.9 Å². The molecule has 112 valence electrons. The zero-order chi connectivity index (χ0) is 14.7. The number of nitrogens with zero attached hydrogens (tertiary/aromatic N) is 4. The van der Waals surface area contributed by atoms with Gasteiger partial charge in [0.2, 0.25) is 5.95 Å². The number of anilines is 3. The molecule has 3 N–H and O–H groups in total. The summed E-state index contributed by atoms with van der Waals surface area (Å²) in [5.74, 6) is 1.02. The molecule has 2 aromatic rings. The van der Waals surface area contributed by atoms with Crippen molar-refractivity contribution in [1.82, 2.24) is 19.9 Å². The molecule has 6 nitrogen and oxygen atoms in total. The van der Waals surface area contributed by atoms with E-state index < -0.39 is 0 Å². The number of thiazole rings is 1. The van der Waals surface area contributed by atoms with Gasteiger partial charge in [-0.1, -0.05) is 6.42 Å². The average Bonchev–Trinajstić information content (AvgIpc) is 2.84. The van der Waals surface area contributed by atoms with Gasteiger partial charge in [-0.2, -0.15) is 4.98 Å². The zero-order valence-corrected chi connectivity index (χ0v) is 13.0. The summed E-state index contributed by atoms with van der Waals surface area (Å²) in [5, 5.41) is 4.03. The summed E-state index contributed by atoms with van der Waals surface area (Å²) in [7, 11) is 0. The van der Waals surface area contributed by atoms with Crippen molar-refractivity contribution in [1.29, 1.82) is 0 Å². The van der Waals surface area contributed by atoms with E-state index in [9.17, 15) is 0 Å². The summed E-state index contributed by atoms with van der Waals surface area (Å²) >= 11 is 1.60. The molecule has 2 aromatic heterocycles. The Morgan fingerprint density at radius 3 is 2.81 bits per heavy atom. The van der Waals surface area contributed by atoms with Crippen molar-refractivity contribution >= 4 is 28.2 Å². The first-order valence-corrected chi connectivity index (χ1v) is 8.06. The van der Waals surface area contributed by atoms with Gasteiger partial charge in [0.15, 0.2) is 5.13 Å². The van der Waals surface area contributed by atoms with Crippen molar-refractivity contribution < 1.29 is 0 Å². The SMILES string of the molecule is Cc1cnc(Nc2cc(CN3CCCCC3)nc(N)n2)s1. The van der Waals surface area contributed by atoms with Crippen molar-refractivity contribution in [3.63, 3.8) is 0 Å². The number of aromatic nitrogens is 3. The van der Waals surface area contributed by atoms with E-state index in [2.05, 4.69) is 25.2 Å². The second-order valence-corrected chi connectivity index (χ2v) is 6.58. The molecule has 0 aliphatic carbocycles. The highest BCUT2D eigenvalue weighted by Crippen LogP contribution is 2.22. The lowest BCUT2D eigenvalue weighted by molar-refractivity contribution is 0.218. The molecule has 1 fully saturated rings. The van der Waals surface area contributed by atoms with Gasteiger partial charge in [0.1, 0.15) is 5.82 Å². The van der Waals surface area contributed by atoms with Gasteiger partial charge in [0, 0.05) is 23.7 Å². The van der Waals surface area contributed by atoms with Crippen molar-refractivity contribution in [2.45, 2.75) is 32.7 Å². The van der Waals surface area contributed by atoms with Crippen LogP contribution in [-0.2, 0) is 6.54 Å². The minimum Gasteiger partial charge on any atom is -0.368 e. The number of aryl methyl sites for hydroxylation is 1. The number of hydrogen-bond donors (Lipinski definition) is 2. The smallest absolute Gasteiger partial charge is 0.222 e. The molecule has 1 saturated heterocycles. The Balaban J connectivity index is 1.72. The van der Waals surface area contributed by atoms with E-state index in [-0.39, 0.29) is 0 Å². The van der Waals surface area contributed by atoms with Crippen molar-refractivity contribution in [2.75, 3.05) is 24.1 Å². The van der Waals surface area contributed by atoms with E-state index in [1.807, 2.05) is 19.2 Å². The van der Waals surface area contributed by atoms with Gasteiger partial charge in [-0.3, -0.25) is 4.90 Å². The largest absolute Gasteiger partial charge is 0.368 e. The highest BCUT2D eigenvalue weighted by Gasteiger charge is 2.12. The lowest BCUT2D eigenvalue weighted by Crippen LogP contribution is -2.29. The van der Waals surface area contributed by atoms with Gasteiger partial charge in [-0.25, -0.2) is 9.97 Å². The van der Waals surface area contributed by atoms with E-state index in [1.165, 1.54) is 19.3 Å². The van der Waals surface area contributed by atoms with Crippen LogP contribution in [0.25, 0.3) is 0 Å². The predicted molar refractivity (Wildman–Crippen MR) is 85.7 cm³/mol. The van der Waals surface area contributed by atoms with Crippen LogP contribution in [0.1, 0.15) is 29.8 Å². The minimum absolute atomic E-state index is 0.306. The van der Waals surface area contributed by atoms with Gasteiger partial charge in [0.25, 0.3) is 0 Å². The summed E-state index contributed by atoms with van der Waals surface area (Å²) in [5.41, 5.74) is 6.78. The topological polar surface area (TPSA) is 80.0 Å². The molecule has 3 rings (SSSR count). The van der Waals surface area contributed by atoms with E-state index >= 15 is 0 Å². The molecule has 0 unspecified atom stereocenters. The highest BCUT2D eigenvalue weighted by atomic mass is 32.1. The first kappa shape index (κ1) is 14.2. The van der Waals surface area contributed by atoms with Gasteiger partial charge in [-0.05, 0) is 32.9 Å². The fourth-order valence-electron chi connectivity index (χ4n) is 2.53. The predicted octanol–water partition coefficient (Wildman–Crippen LogP) is 2.55. The molecule has 0 saturated carbocycles. The van der Waals surface area contributed by atoms with Crippen LogP contribution < -0.4 is 11.1 Å². The van der Waals surface area contributed by atoms with Crippen LogP contribution in [0, 0.1) is 6.92 Å². The Hall–Kier alpha value is -1.73. The van der Waals surface area contributed by atoms with Crippen LogP contribution in [0.3, 0.4) is 0 Å². The molecular weight excluding hydrogens is 284 g/mol. The molecule has 0 aromatic carbocycles. The Bertz CT molecular complexity index is 605. The maximum absolute atomic E-state index is 5.83. The van der Waals surface area contributed by atoms with Gasteiger partial charge in [0.05, 0.1) is 5.69 Å². The average molecular weight is 304 g/mol. The van der Waals surface area contributed by atoms with E-state index in [1.54, 1.807) is 11.3 Å². The summed E-state index contributed by atoms with van der Waals surface area (Å²) in [6.45, 7) is 5.13. The van der Waals surface area contributed by atoms with Crippen LogP contribution in [0.2, 0.25) is 0 Å². The summed E-state index contributed by atoms with van der Waals surface area (Å²) in [4.78, 5) is 16.4. The normalized spacial score (nSPS) is 16.0. The third kappa shape index (κ3) is 3.89. The minimum atomic E-state index is 0.306. The van der Waals surface area contributed by atoms with Gasteiger partial charge >= 0.3 is 0 Å². The Morgan fingerprint density at radius 2 is 2.10 bits per heavy atom. The Kier molecular flexibility index (Phi) is 4.31. The van der Waals surface area contributed by atoms with Gasteiger partial charge in [-0.15, -0.1) is 11.3 Å². The molecule has 0 amide bonds. The number of nitrogens with two attached hydrogens (primary N) is 1. The molecule has 1 aliphatic heterocycles. The number of likely N-dealkylation sites (tertiary alicyclic amines) is 1. The fourth-order valence-corrected chi connectivity index (χ4v) is 3.20. The van der Waals surface area contributed by atoms with Gasteiger partial charge < -0.3 is 11.1 Å². The van der Waals surface area contributed by atoms with Crippen molar-refractivity contribution in [2.24, 2.45) is 0 Å². The lowest BCUT2D eigenvalue weighted by atomic mass is 10.1. The molecule has 0 radical (unpaired) electrons. The maximum atomic E-state index is 5.83. The second kappa shape index (κ2) is 6.36. The van der Waals surface area contributed by atoms with Crippen LogP contribution in [0.4, 0.5) is 16.9 Å².